The van der Waals surface area contributed by atoms with Crippen LogP contribution in [0.3, 0.4) is 0 Å². The number of ether oxygens (including phenoxy) is 1. The van der Waals surface area contributed by atoms with Crippen LogP contribution in [0.25, 0.3) is 0 Å². The average Bonchev–Trinajstić information content (AvgIpc) is 1.23. The lowest BCUT2D eigenvalue weighted by molar-refractivity contribution is -0.0312. The minimum absolute atomic E-state index is 0.300. The second-order valence-electron chi connectivity index (χ2n) is 1.98. The second kappa shape index (κ2) is 2.01. The van der Waals surface area contributed by atoms with Crippen molar-refractivity contribution in [3.8, 4) is 0 Å². The molecule has 7 heavy (non-hydrogen) atoms. The monoisotopic (exact) mass is 120 g/mol. The van der Waals surface area contributed by atoms with Crippen molar-refractivity contribution in [2.45, 2.75) is 12.3 Å². The van der Waals surface area contributed by atoms with Gasteiger partial charge in [0, 0.05) is 11.3 Å². The topological polar surface area (TPSA) is 9.23 Å². The lowest BCUT2D eigenvalue weighted by Gasteiger charge is -2.27. The van der Waals surface area contributed by atoms with E-state index in [4.69, 9.17) is 16.3 Å². The molecule has 2 heteroatoms. The van der Waals surface area contributed by atoms with Crippen LogP contribution in [0.2, 0.25) is 0 Å². The van der Waals surface area contributed by atoms with Gasteiger partial charge in [-0.25, -0.2) is 0 Å². The fourth-order valence-corrected chi connectivity index (χ4v) is 0.665. The van der Waals surface area contributed by atoms with E-state index in [9.17, 15) is 0 Å². The normalized spacial score (nSPS) is 26.6. The Morgan fingerprint density at radius 2 is 2.29 bits per heavy atom. The predicted molar refractivity (Wildman–Crippen MR) is 29.6 cm³/mol. The van der Waals surface area contributed by atoms with Gasteiger partial charge in [0.2, 0.25) is 0 Å². The molecular formula is C5H9ClO. The van der Waals surface area contributed by atoms with Crippen LogP contribution in [-0.2, 0) is 4.74 Å². The molecule has 0 radical (unpaired) electrons. The largest absolute Gasteiger partial charge is 0.381 e. The van der Waals surface area contributed by atoms with E-state index in [0.717, 1.165) is 13.2 Å². The molecule has 0 bridgehead atoms. The van der Waals surface area contributed by atoms with Crippen LogP contribution in [0.15, 0.2) is 0 Å². The minimum Gasteiger partial charge on any atom is -0.381 e. The summed E-state index contributed by atoms with van der Waals surface area (Å²) in [7, 11) is 0. The average molecular weight is 121 g/mol. The second-order valence-corrected chi connectivity index (χ2v) is 2.66. The van der Waals surface area contributed by atoms with E-state index < -0.39 is 0 Å². The minimum atomic E-state index is 0.300. The van der Waals surface area contributed by atoms with Gasteiger partial charge in [-0.2, -0.15) is 0 Å². The van der Waals surface area contributed by atoms with E-state index in [1.54, 1.807) is 0 Å². The number of alkyl halides is 1. The van der Waals surface area contributed by atoms with Crippen LogP contribution in [0.4, 0.5) is 0 Å². The molecule has 0 spiro atoms. The first kappa shape index (κ1) is 5.39. The van der Waals surface area contributed by atoms with Crippen molar-refractivity contribution in [1.82, 2.24) is 0 Å². The lowest BCUT2D eigenvalue weighted by atomic mass is 10.1. The highest BCUT2D eigenvalue weighted by Crippen LogP contribution is 2.18. The highest BCUT2D eigenvalue weighted by Gasteiger charge is 2.22. The maximum absolute atomic E-state index is 5.70. The van der Waals surface area contributed by atoms with Crippen LogP contribution in [-0.4, -0.2) is 18.6 Å². The van der Waals surface area contributed by atoms with Crippen LogP contribution < -0.4 is 0 Å². The molecule has 1 aliphatic heterocycles. The third kappa shape index (κ3) is 1.07. The zero-order valence-electron chi connectivity index (χ0n) is 4.36. The summed E-state index contributed by atoms with van der Waals surface area (Å²) in [6, 6.07) is 0. The van der Waals surface area contributed by atoms with Crippen molar-refractivity contribution in [3.05, 3.63) is 0 Å². The predicted octanol–water partition coefficient (Wildman–Crippen LogP) is 1.26. The Morgan fingerprint density at radius 1 is 1.71 bits per heavy atom. The summed E-state index contributed by atoms with van der Waals surface area (Å²) in [4.78, 5) is 0. The van der Waals surface area contributed by atoms with Gasteiger partial charge in [0.05, 0.1) is 13.2 Å². The molecule has 1 aliphatic rings. The van der Waals surface area contributed by atoms with Gasteiger partial charge in [-0.15, -0.1) is 11.6 Å². The molecule has 1 fully saturated rings. The molecule has 0 saturated carbocycles. The first-order valence-corrected chi connectivity index (χ1v) is 2.96. The third-order valence-corrected chi connectivity index (χ3v) is 1.67. The van der Waals surface area contributed by atoms with E-state index in [-0.39, 0.29) is 0 Å². The molecule has 0 N–H and O–H groups in total. The SMILES string of the molecule is CC(Cl)C1COC1. The summed E-state index contributed by atoms with van der Waals surface area (Å²) in [5, 5.41) is 0.300. The lowest BCUT2D eigenvalue weighted by Crippen LogP contribution is -2.33. The quantitative estimate of drug-likeness (QED) is 0.474. The summed E-state index contributed by atoms with van der Waals surface area (Å²) in [6.07, 6.45) is 0. The van der Waals surface area contributed by atoms with Crippen molar-refractivity contribution in [3.63, 3.8) is 0 Å². The van der Waals surface area contributed by atoms with Crippen LogP contribution >= 0.6 is 11.6 Å². The van der Waals surface area contributed by atoms with Gasteiger partial charge in [-0.05, 0) is 6.92 Å². The Bertz CT molecular complexity index is 59.1. The number of halogens is 1. The van der Waals surface area contributed by atoms with Crippen molar-refractivity contribution in [2.24, 2.45) is 5.92 Å². The van der Waals surface area contributed by atoms with E-state index >= 15 is 0 Å². The molecular weight excluding hydrogens is 112 g/mol. The Labute approximate surface area is 48.6 Å². The Balaban J connectivity index is 2.14. The standard InChI is InChI=1S/C5H9ClO/c1-4(6)5-2-7-3-5/h4-5H,2-3H2,1H3. The van der Waals surface area contributed by atoms with Gasteiger partial charge in [-0.1, -0.05) is 0 Å². The number of hydrogen-bond acceptors (Lipinski definition) is 1. The zero-order valence-corrected chi connectivity index (χ0v) is 5.11. The summed E-state index contributed by atoms with van der Waals surface area (Å²) >= 11 is 5.70. The Hall–Kier alpha value is 0.250. The first-order valence-electron chi connectivity index (χ1n) is 2.52. The van der Waals surface area contributed by atoms with Crippen molar-refractivity contribution >= 4 is 11.6 Å². The molecule has 0 aromatic rings. The molecule has 0 aliphatic carbocycles. The molecule has 1 rings (SSSR count). The van der Waals surface area contributed by atoms with Gasteiger partial charge in [0.15, 0.2) is 0 Å². The van der Waals surface area contributed by atoms with E-state index in [0.29, 0.717) is 11.3 Å². The summed E-state index contributed by atoms with van der Waals surface area (Å²) in [5.41, 5.74) is 0. The van der Waals surface area contributed by atoms with Gasteiger partial charge < -0.3 is 4.74 Å². The van der Waals surface area contributed by atoms with Crippen molar-refractivity contribution in [2.75, 3.05) is 13.2 Å². The highest BCUT2D eigenvalue weighted by atomic mass is 35.5. The summed E-state index contributed by atoms with van der Waals surface area (Å²) in [5.74, 6) is 0.627. The first-order chi connectivity index (χ1) is 3.30. The maximum Gasteiger partial charge on any atom is 0.0530 e. The summed E-state index contributed by atoms with van der Waals surface area (Å²) in [6.45, 7) is 3.74. The molecule has 1 saturated heterocycles. The smallest absolute Gasteiger partial charge is 0.0530 e. The van der Waals surface area contributed by atoms with Crippen molar-refractivity contribution in [1.29, 1.82) is 0 Å². The molecule has 1 nitrogen and oxygen atoms in total. The zero-order chi connectivity index (χ0) is 5.28. The molecule has 1 heterocycles. The van der Waals surface area contributed by atoms with Crippen LogP contribution in [0.1, 0.15) is 6.92 Å². The maximum atomic E-state index is 5.70. The molecule has 1 atom stereocenters. The molecule has 42 valence electrons. The van der Waals surface area contributed by atoms with Gasteiger partial charge >= 0.3 is 0 Å². The van der Waals surface area contributed by atoms with Crippen molar-refractivity contribution < 1.29 is 4.74 Å². The summed E-state index contributed by atoms with van der Waals surface area (Å²) < 4.78 is 4.91. The van der Waals surface area contributed by atoms with Gasteiger partial charge in [0.1, 0.15) is 0 Å². The molecule has 0 aromatic heterocycles. The Morgan fingerprint density at radius 3 is 2.29 bits per heavy atom. The van der Waals surface area contributed by atoms with Gasteiger partial charge in [0.25, 0.3) is 0 Å². The van der Waals surface area contributed by atoms with E-state index in [1.807, 2.05) is 6.92 Å². The number of hydrogen-bond donors (Lipinski definition) is 0. The van der Waals surface area contributed by atoms with E-state index in [2.05, 4.69) is 0 Å². The third-order valence-electron chi connectivity index (χ3n) is 1.31. The fraction of sp³-hybridized carbons (Fsp3) is 1.00. The molecule has 1 unspecified atom stereocenters. The molecule has 0 aromatic carbocycles. The van der Waals surface area contributed by atoms with Crippen LogP contribution in [0, 0.1) is 5.92 Å². The Kier molecular flexibility index (Phi) is 1.55. The fourth-order valence-electron chi connectivity index (χ4n) is 0.519. The van der Waals surface area contributed by atoms with Gasteiger partial charge in [-0.3, -0.25) is 0 Å². The van der Waals surface area contributed by atoms with E-state index in [1.165, 1.54) is 0 Å². The number of rotatable bonds is 1. The van der Waals surface area contributed by atoms with Crippen LogP contribution in [0.5, 0.6) is 0 Å². The molecule has 0 amide bonds. The highest BCUT2D eigenvalue weighted by molar-refractivity contribution is 6.20.